The Hall–Kier alpha value is -1.81. The van der Waals surface area contributed by atoms with Crippen LogP contribution in [0.1, 0.15) is 0 Å². The average molecular weight is 251 g/mol. The summed E-state index contributed by atoms with van der Waals surface area (Å²) in [6, 6.07) is 10.7. The molecule has 0 fully saturated rings. The van der Waals surface area contributed by atoms with Gasteiger partial charge in [-0.2, -0.15) is 0 Å². The number of nitrogens with zero attached hydrogens (tertiary/aromatic N) is 2. The molecule has 4 nitrogen and oxygen atoms in total. The van der Waals surface area contributed by atoms with E-state index < -0.39 is 0 Å². The maximum absolute atomic E-state index is 11.5. The van der Waals surface area contributed by atoms with Gasteiger partial charge < -0.3 is 4.74 Å². The molecule has 0 aliphatic heterocycles. The van der Waals surface area contributed by atoms with E-state index in [1.54, 1.807) is 0 Å². The maximum Gasteiger partial charge on any atom is 0.254 e. The van der Waals surface area contributed by atoms with Crippen LogP contribution in [0.4, 0.5) is 0 Å². The lowest BCUT2D eigenvalue weighted by atomic mass is 10.3. The second kappa shape index (κ2) is 5.50. The first-order chi connectivity index (χ1) is 8.25. The van der Waals surface area contributed by atoms with Crippen LogP contribution in [0.25, 0.3) is 0 Å². The van der Waals surface area contributed by atoms with Gasteiger partial charge in [-0.3, -0.25) is 9.36 Å². The molecule has 1 heterocycles. The lowest BCUT2D eigenvalue weighted by Crippen LogP contribution is -2.22. The predicted molar refractivity (Wildman–Crippen MR) is 65.4 cm³/mol. The average Bonchev–Trinajstić information content (AvgIpc) is 2.33. The molecule has 2 rings (SSSR count). The van der Waals surface area contributed by atoms with Gasteiger partial charge in [-0.15, -0.1) is 0 Å². The fourth-order valence-corrected chi connectivity index (χ4v) is 1.49. The van der Waals surface area contributed by atoms with Crippen molar-refractivity contribution in [2.45, 2.75) is 6.54 Å². The third kappa shape index (κ3) is 3.32. The van der Waals surface area contributed by atoms with E-state index in [-0.39, 0.29) is 10.7 Å². The third-order valence-electron chi connectivity index (χ3n) is 2.19. The van der Waals surface area contributed by atoms with Crippen LogP contribution in [-0.4, -0.2) is 16.2 Å². The summed E-state index contributed by atoms with van der Waals surface area (Å²) in [5.74, 6) is 0.780. The van der Waals surface area contributed by atoms with Gasteiger partial charge in [0.15, 0.2) is 0 Å². The maximum atomic E-state index is 11.5. The minimum atomic E-state index is -0.179. The van der Waals surface area contributed by atoms with E-state index in [1.165, 1.54) is 17.0 Å². The SMILES string of the molecule is O=c1cc(Cl)ncn1CCOc1ccccc1. The first-order valence-electron chi connectivity index (χ1n) is 5.15. The van der Waals surface area contributed by atoms with Crippen molar-refractivity contribution in [3.05, 3.63) is 58.2 Å². The smallest absolute Gasteiger partial charge is 0.254 e. The molecular weight excluding hydrogens is 240 g/mol. The lowest BCUT2D eigenvalue weighted by molar-refractivity contribution is 0.295. The molecule has 0 unspecified atom stereocenters. The minimum absolute atomic E-state index is 0.179. The molecule has 1 aromatic heterocycles. The van der Waals surface area contributed by atoms with Crippen molar-refractivity contribution in [3.63, 3.8) is 0 Å². The van der Waals surface area contributed by atoms with Gasteiger partial charge in [-0.1, -0.05) is 29.8 Å². The summed E-state index contributed by atoms with van der Waals surface area (Å²) in [5, 5.41) is 0.204. The Kier molecular flexibility index (Phi) is 3.77. The fraction of sp³-hybridized carbons (Fsp3) is 0.167. The Morgan fingerprint density at radius 3 is 2.76 bits per heavy atom. The molecule has 0 aliphatic carbocycles. The number of hydrogen-bond donors (Lipinski definition) is 0. The molecular formula is C12H11ClN2O2. The number of aromatic nitrogens is 2. The van der Waals surface area contributed by atoms with E-state index in [0.29, 0.717) is 13.2 Å². The summed E-state index contributed by atoms with van der Waals surface area (Å²) < 4.78 is 6.93. The largest absolute Gasteiger partial charge is 0.492 e. The fourth-order valence-electron chi connectivity index (χ4n) is 1.35. The van der Waals surface area contributed by atoms with Gasteiger partial charge in [0, 0.05) is 6.07 Å². The molecule has 0 N–H and O–H groups in total. The standard InChI is InChI=1S/C12H11ClN2O2/c13-11-8-12(16)15(9-14-11)6-7-17-10-4-2-1-3-5-10/h1-5,8-9H,6-7H2. The van der Waals surface area contributed by atoms with Crippen molar-refractivity contribution in [2.75, 3.05) is 6.61 Å². The van der Waals surface area contributed by atoms with E-state index in [9.17, 15) is 4.79 Å². The minimum Gasteiger partial charge on any atom is -0.492 e. The third-order valence-corrected chi connectivity index (χ3v) is 2.40. The van der Waals surface area contributed by atoms with Crippen LogP contribution in [0.2, 0.25) is 5.15 Å². The number of rotatable bonds is 4. The van der Waals surface area contributed by atoms with Crippen LogP contribution in [0.15, 0.2) is 47.5 Å². The number of benzene rings is 1. The van der Waals surface area contributed by atoms with Crippen molar-refractivity contribution in [1.29, 1.82) is 0 Å². The molecule has 17 heavy (non-hydrogen) atoms. The van der Waals surface area contributed by atoms with Gasteiger partial charge >= 0.3 is 0 Å². The highest BCUT2D eigenvalue weighted by atomic mass is 35.5. The zero-order chi connectivity index (χ0) is 12.1. The zero-order valence-electron chi connectivity index (χ0n) is 9.04. The monoisotopic (exact) mass is 250 g/mol. The highest BCUT2D eigenvalue weighted by molar-refractivity contribution is 6.29. The zero-order valence-corrected chi connectivity index (χ0v) is 9.80. The Labute approximate surface area is 103 Å². The van der Waals surface area contributed by atoms with Crippen molar-refractivity contribution in [3.8, 4) is 5.75 Å². The van der Waals surface area contributed by atoms with Gasteiger partial charge in [0.1, 0.15) is 17.5 Å². The molecule has 0 saturated carbocycles. The molecule has 0 atom stereocenters. The van der Waals surface area contributed by atoms with E-state index >= 15 is 0 Å². The summed E-state index contributed by atoms with van der Waals surface area (Å²) in [4.78, 5) is 15.3. The van der Waals surface area contributed by atoms with Crippen LogP contribution >= 0.6 is 11.6 Å². The van der Waals surface area contributed by atoms with E-state index in [1.807, 2.05) is 30.3 Å². The summed E-state index contributed by atoms with van der Waals surface area (Å²) in [5.41, 5.74) is -0.179. The molecule has 5 heteroatoms. The summed E-state index contributed by atoms with van der Waals surface area (Å²) in [7, 11) is 0. The quantitative estimate of drug-likeness (QED) is 0.780. The first kappa shape index (κ1) is 11.7. The Morgan fingerprint density at radius 1 is 1.29 bits per heavy atom. The highest BCUT2D eigenvalue weighted by Gasteiger charge is 1.98. The van der Waals surface area contributed by atoms with Crippen LogP contribution < -0.4 is 10.3 Å². The molecule has 0 radical (unpaired) electrons. The summed E-state index contributed by atoms with van der Waals surface area (Å²) in [6.45, 7) is 0.852. The predicted octanol–water partition coefficient (Wildman–Crippen LogP) is 1.98. The molecule has 0 amide bonds. The second-order valence-corrected chi connectivity index (χ2v) is 3.79. The molecule has 2 aromatic rings. The second-order valence-electron chi connectivity index (χ2n) is 3.40. The topological polar surface area (TPSA) is 44.1 Å². The molecule has 88 valence electrons. The van der Waals surface area contributed by atoms with Crippen LogP contribution in [0.5, 0.6) is 5.75 Å². The Bertz CT molecular complexity index is 540. The van der Waals surface area contributed by atoms with Gasteiger partial charge in [0.2, 0.25) is 0 Å². The molecule has 0 spiro atoms. The molecule has 1 aromatic carbocycles. The van der Waals surface area contributed by atoms with Crippen LogP contribution in [-0.2, 0) is 6.54 Å². The number of halogens is 1. The molecule has 0 aliphatic rings. The number of ether oxygens (including phenoxy) is 1. The van der Waals surface area contributed by atoms with E-state index in [0.717, 1.165) is 5.75 Å². The van der Waals surface area contributed by atoms with E-state index in [2.05, 4.69) is 4.98 Å². The van der Waals surface area contributed by atoms with Gasteiger partial charge in [0.25, 0.3) is 5.56 Å². The van der Waals surface area contributed by atoms with Crippen LogP contribution in [0, 0.1) is 0 Å². The van der Waals surface area contributed by atoms with Crippen molar-refractivity contribution in [2.24, 2.45) is 0 Å². The highest BCUT2D eigenvalue weighted by Crippen LogP contribution is 2.07. The van der Waals surface area contributed by atoms with Gasteiger partial charge in [-0.05, 0) is 12.1 Å². The van der Waals surface area contributed by atoms with Crippen molar-refractivity contribution >= 4 is 11.6 Å². The molecule has 0 saturated heterocycles. The Morgan fingerprint density at radius 2 is 2.06 bits per heavy atom. The van der Waals surface area contributed by atoms with Crippen molar-refractivity contribution < 1.29 is 4.74 Å². The van der Waals surface area contributed by atoms with E-state index in [4.69, 9.17) is 16.3 Å². The lowest BCUT2D eigenvalue weighted by Gasteiger charge is -2.07. The molecule has 0 bridgehead atoms. The van der Waals surface area contributed by atoms with Crippen LogP contribution in [0.3, 0.4) is 0 Å². The Balaban J connectivity index is 1.93. The normalized spacial score (nSPS) is 10.2. The summed E-state index contributed by atoms with van der Waals surface area (Å²) >= 11 is 5.59. The number of hydrogen-bond acceptors (Lipinski definition) is 3. The van der Waals surface area contributed by atoms with Gasteiger partial charge in [-0.25, -0.2) is 4.98 Å². The summed E-state index contributed by atoms with van der Waals surface area (Å²) in [6.07, 6.45) is 1.42. The number of para-hydroxylation sites is 1. The van der Waals surface area contributed by atoms with Gasteiger partial charge in [0.05, 0.1) is 12.9 Å². The van der Waals surface area contributed by atoms with Crippen molar-refractivity contribution in [1.82, 2.24) is 9.55 Å². The first-order valence-corrected chi connectivity index (χ1v) is 5.53.